The molecule has 29 heavy (non-hydrogen) atoms. The van der Waals surface area contributed by atoms with Crippen molar-refractivity contribution in [2.24, 2.45) is 0 Å². The van der Waals surface area contributed by atoms with Gasteiger partial charge in [-0.2, -0.15) is 0 Å². The number of hydrogen-bond donors (Lipinski definition) is 0. The minimum absolute atomic E-state index is 0.0817. The van der Waals surface area contributed by atoms with Gasteiger partial charge in [0.1, 0.15) is 0 Å². The fourth-order valence-electron chi connectivity index (χ4n) is 3.76. The lowest BCUT2D eigenvalue weighted by molar-refractivity contribution is -0.130. The molecule has 2 aromatic carbocycles. The van der Waals surface area contributed by atoms with Gasteiger partial charge >= 0.3 is 0 Å². The van der Waals surface area contributed by atoms with Crippen LogP contribution in [0.15, 0.2) is 52.3 Å². The van der Waals surface area contributed by atoms with Crippen molar-refractivity contribution in [2.75, 3.05) is 44.4 Å². The molecule has 0 N–H and O–H groups in total. The van der Waals surface area contributed by atoms with Crippen molar-refractivity contribution in [1.82, 2.24) is 9.21 Å². The van der Waals surface area contributed by atoms with Crippen molar-refractivity contribution in [1.29, 1.82) is 0 Å². The number of anilines is 1. The average molecular weight is 432 g/mol. The van der Waals surface area contributed by atoms with Crippen molar-refractivity contribution in [2.45, 2.75) is 22.8 Å². The first-order chi connectivity index (χ1) is 13.9. The molecule has 8 heteroatoms. The highest BCUT2D eigenvalue weighted by Gasteiger charge is 2.27. The molecule has 4 rings (SSSR count). The first-order valence-corrected chi connectivity index (χ1v) is 12.1. The third-order valence-electron chi connectivity index (χ3n) is 5.48. The molecule has 6 nitrogen and oxygen atoms in total. The van der Waals surface area contributed by atoms with E-state index in [4.69, 9.17) is 0 Å². The van der Waals surface area contributed by atoms with E-state index < -0.39 is 10.0 Å². The molecule has 1 amide bonds. The molecule has 2 aliphatic rings. The van der Waals surface area contributed by atoms with Gasteiger partial charge in [0.05, 0.1) is 17.1 Å². The van der Waals surface area contributed by atoms with E-state index in [1.54, 1.807) is 23.9 Å². The van der Waals surface area contributed by atoms with Gasteiger partial charge in [0.2, 0.25) is 15.9 Å². The Kier molecular flexibility index (Phi) is 5.59. The van der Waals surface area contributed by atoms with Crippen molar-refractivity contribution in [3.05, 3.63) is 53.6 Å². The Labute approximate surface area is 176 Å². The van der Waals surface area contributed by atoms with Crippen molar-refractivity contribution >= 4 is 33.4 Å². The van der Waals surface area contributed by atoms with Gasteiger partial charge in [-0.15, -0.1) is 11.8 Å². The third-order valence-corrected chi connectivity index (χ3v) is 8.33. The lowest BCUT2D eigenvalue weighted by atomic mass is 10.00. The maximum absolute atomic E-state index is 13.0. The molecule has 2 aliphatic heterocycles. The van der Waals surface area contributed by atoms with Crippen molar-refractivity contribution in [3.63, 3.8) is 0 Å². The van der Waals surface area contributed by atoms with E-state index >= 15 is 0 Å². The highest BCUT2D eigenvalue weighted by molar-refractivity contribution is 7.99. The van der Waals surface area contributed by atoms with E-state index in [1.165, 1.54) is 29.5 Å². The summed E-state index contributed by atoms with van der Waals surface area (Å²) in [7, 11) is -0.461. The second-order valence-corrected chi connectivity index (χ2v) is 10.8. The summed E-state index contributed by atoms with van der Waals surface area (Å²) in [6.07, 6.45) is 0.875. The van der Waals surface area contributed by atoms with Crippen LogP contribution < -0.4 is 4.90 Å². The van der Waals surface area contributed by atoms with E-state index in [0.717, 1.165) is 35.8 Å². The molecule has 0 aromatic heterocycles. The maximum Gasteiger partial charge on any atom is 0.242 e. The summed E-state index contributed by atoms with van der Waals surface area (Å²) < 4.78 is 26.3. The number of hydrogen-bond acceptors (Lipinski definition) is 5. The fourth-order valence-corrected chi connectivity index (χ4v) is 5.71. The number of fused-ring (bicyclic) bond motifs is 2. The van der Waals surface area contributed by atoms with Crippen LogP contribution in [0, 0.1) is 0 Å². The van der Waals surface area contributed by atoms with Crippen molar-refractivity contribution in [3.8, 4) is 0 Å². The van der Waals surface area contributed by atoms with Crippen LogP contribution in [0.2, 0.25) is 0 Å². The molecule has 0 saturated heterocycles. The molecule has 0 fully saturated rings. The van der Waals surface area contributed by atoms with E-state index in [1.807, 2.05) is 28.0 Å². The maximum atomic E-state index is 13.0. The number of carbonyl (C=O) groups is 1. The molecule has 0 spiro atoms. The lowest BCUT2D eigenvalue weighted by Crippen LogP contribution is -2.44. The quantitative estimate of drug-likeness (QED) is 0.744. The topological polar surface area (TPSA) is 60.9 Å². The van der Waals surface area contributed by atoms with Gasteiger partial charge in [-0.3, -0.25) is 4.79 Å². The Hall–Kier alpha value is -2.03. The van der Waals surface area contributed by atoms with E-state index in [0.29, 0.717) is 6.54 Å². The predicted molar refractivity (Wildman–Crippen MR) is 116 cm³/mol. The Bertz CT molecular complexity index is 1040. The summed E-state index contributed by atoms with van der Waals surface area (Å²) in [4.78, 5) is 18.2. The van der Waals surface area contributed by atoms with Gasteiger partial charge in [-0.05, 0) is 35.7 Å². The second kappa shape index (κ2) is 8.01. The zero-order valence-corrected chi connectivity index (χ0v) is 18.3. The minimum Gasteiger partial charge on any atom is -0.360 e. The second-order valence-electron chi connectivity index (χ2n) is 7.52. The SMILES string of the molecule is CN(C)S(=O)(=O)c1ccc2c(c1)N(CC(=O)N1CCc3ccccc3C1)CCS2. The number of carbonyl (C=O) groups excluding carboxylic acids is 1. The zero-order chi connectivity index (χ0) is 20.6. The molecule has 0 saturated carbocycles. The Morgan fingerprint density at radius 3 is 2.62 bits per heavy atom. The molecule has 2 heterocycles. The molecule has 0 aliphatic carbocycles. The third kappa shape index (κ3) is 4.01. The smallest absolute Gasteiger partial charge is 0.242 e. The monoisotopic (exact) mass is 431 g/mol. The van der Waals surface area contributed by atoms with E-state index in [9.17, 15) is 13.2 Å². The standard InChI is InChI=1S/C21H25N3O3S2/c1-22(2)29(26,27)18-7-8-20-19(13-18)23(11-12-28-20)15-21(25)24-10-9-16-5-3-4-6-17(16)14-24/h3-8,13H,9-12,14-15H2,1-2H3. The summed E-state index contributed by atoms with van der Waals surface area (Å²) in [6, 6.07) is 13.5. The predicted octanol–water partition coefficient (Wildman–Crippen LogP) is 2.43. The van der Waals surface area contributed by atoms with Gasteiger partial charge in [-0.1, -0.05) is 24.3 Å². The van der Waals surface area contributed by atoms with Gasteiger partial charge in [0, 0.05) is 44.4 Å². The lowest BCUT2D eigenvalue weighted by Gasteiger charge is -2.34. The van der Waals surface area contributed by atoms with Gasteiger partial charge < -0.3 is 9.80 Å². The first kappa shape index (κ1) is 20.3. The largest absolute Gasteiger partial charge is 0.360 e. The molecule has 0 bridgehead atoms. The number of amides is 1. The summed E-state index contributed by atoms with van der Waals surface area (Å²) in [5.74, 6) is 0.960. The van der Waals surface area contributed by atoms with Crippen LogP contribution in [0.4, 0.5) is 5.69 Å². The summed E-state index contributed by atoms with van der Waals surface area (Å²) in [6.45, 7) is 2.35. The number of sulfonamides is 1. The van der Waals surface area contributed by atoms with Crippen LogP contribution in [0.25, 0.3) is 0 Å². The van der Waals surface area contributed by atoms with Gasteiger partial charge in [0.25, 0.3) is 0 Å². The Morgan fingerprint density at radius 1 is 1.10 bits per heavy atom. The van der Waals surface area contributed by atoms with Crippen LogP contribution >= 0.6 is 11.8 Å². The molecule has 0 atom stereocenters. The Balaban J connectivity index is 1.55. The van der Waals surface area contributed by atoms with Crippen LogP contribution in [0.3, 0.4) is 0 Å². The summed E-state index contributed by atoms with van der Waals surface area (Å²) in [5.41, 5.74) is 3.35. The number of thioether (sulfide) groups is 1. The molecular weight excluding hydrogens is 406 g/mol. The normalized spacial score (nSPS) is 16.5. The average Bonchev–Trinajstić information content (AvgIpc) is 2.73. The van der Waals surface area contributed by atoms with E-state index in [2.05, 4.69) is 12.1 Å². The first-order valence-electron chi connectivity index (χ1n) is 9.65. The molecule has 0 unspecified atom stereocenters. The van der Waals surface area contributed by atoms with Gasteiger partial charge in [0.15, 0.2) is 0 Å². The molecule has 154 valence electrons. The van der Waals surface area contributed by atoms with Crippen LogP contribution in [-0.2, 0) is 27.8 Å². The highest BCUT2D eigenvalue weighted by Crippen LogP contribution is 2.36. The number of rotatable bonds is 4. The molecular formula is C21H25N3O3S2. The molecule has 0 radical (unpaired) electrons. The minimum atomic E-state index is -3.51. The highest BCUT2D eigenvalue weighted by atomic mass is 32.2. The van der Waals surface area contributed by atoms with Crippen LogP contribution in [0.5, 0.6) is 0 Å². The van der Waals surface area contributed by atoms with Crippen LogP contribution in [0.1, 0.15) is 11.1 Å². The van der Waals surface area contributed by atoms with Crippen LogP contribution in [-0.4, -0.2) is 63.0 Å². The zero-order valence-electron chi connectivity index (χ0n) is 16.7. The van der Waals surface area contributed by atoms with E-state index in [-0.39, 0.29) is 17.3 Å². The Morgan fingerprint density at radius 2 is 1.86 bits per heavy atom. The number of nitrogens with zero attached hydrogens (tertiary/aromatic N) is 3. The fraction of sp³-hybridized carbons (Fsp3) is 0.381. The van der Waals surface area contributed by atoms with Gasteiger partial charge in [-0.25, -0.2) is 12.7 Å². The molecule has 2 aromatic rings. The number of benzene rings is 2. The summed E-state index contributed by atoms with van der Waals surface area (Å²) >= 11 is 1.70. The van der Waals surface area contributed by atoms with Crippen molar-refractivity contribution < 1.29 is 13.2 Å². The summed E-state index contributed by atoms with van der Waals surface area (Å²) in [5, 5.41) is 0.